The van der Waals surface area contributed by atoms with Crippen LogP contribution in [0.2, 0.25) is 0 Å². The minimum atomic E-state index is -0.903. The van der Waals surface area contributed by atoms with Crippen LogP contribution in [0.3, 0.4) is 0 Å². The third-order valence-corrected chi connectivity index (χ3v) is 5.62. The van der Waals surface area contributed by atoms with E-state index >= 15 is 0 Å². The summed E-state index contributed by atoms with van der Waals surface area (Å²) in [6, 6.07) is 9.71. The molecular formula is C31H43F2N3O5. The van der Waals surface area contributed by atoms with Crippen molar-refractivity contribution in [2.75, 3.05) is 11.9 Å². The Morgan fingerprint density at radius 1 is 1.05 bits per heavy atom. The van der Waals surface area contributed by atoms with Gasteiger partial charge >= 0.3 is 0 Å². The van der Waals surface area contributed by atoms with Gasteiger partial charge in [-0.15, -0.1) is 0 Å². The molecule has 1 atom stereocenters. The largest absolute Gasteiger partial charge is 0.456 e. The number of nitrogens with one attached hydrogen (secondary N) is 1. The van der Waals surface area contributed by atoms with Crippen LogP contribution in [0.1, 0.15) is 70.0 Å². The van der Waals surface area contributed by atoms with Crippen LogP contribution in [0.25, 0.3) is 0 Å². The highest BCUT2D eigenvalue weighted by molar-refractivity contribution is 6.01. The van der Waals surface area contributed by atoms with Gasteiger partial charge in [-0.2, -0.15) is 0 Å². The minimum absolute atomic E-state index is 0.0446. The predicted octanol–water partition coefficient (Wildman–Crippen LogP) is 7.13. The molecule has 2 aromatic carbocycles. The summed E-state index contributed by atoms with van der Waals surface area (Å²) in [5, 5.41) is 2.74. The molecular weight excluding hydrogens is 532 g/mol. The van der Waals surface area contributed by atoms with Crippen LogP contribution < -0.4 is 21.3 Å². The summed E-state index contributed by atoms with van der Waals surface area (Å²) >= 11 is 0. The van der Waals surface area contributed by atoms with Crippen molar-refractivity contribution in [3.8, 4) is 11.5 Å². The first kappa shape index (κ1) is 35.3. The van der Waals surface area contributed by atoms with Gasteiger partial charge in [0.25, 0.3) is 11.5 Å². The molecule has 8 nitrogen and oxygen atoms in total. The lowest BCUT2D eigenvalue weighted by molar-refractivity contribution is -0.136. The molecule has 2 heterocycles. The number of hydrogen-bond acceptors (Lipinski definition) is 6. The average Bonchev–Trinajstić information content (AvgIpc) is 3.24. The lowest BCUT2D eigenvalue weighted by atomic mass is 10.1. The van der Waals surface area contributed by atoms with Crippen LogP contribution in [-0.4, -0.2) is 29.0 Å². The number of amides is 1. The van der Waals surface area contributed by atoms with E-state index in [9.17, 15) is 18.4 Å². The van der Waals surface area contributed by atoms with Gasteiger partial charge in [-0.1, -0.05) is 39.8 Å². The summed E-state index contributed by atoms with van der Waals surface area (Å²) in [6.07, 6.45) is 0.269. The third kappa shape index (κ3) is 9.68. The van der Waals surface area contributed by atoms with Gasteiger partial charge in [-0.25, -0.2) is 8.78 Å². The molecule has 3 N–H and O–H groups in total. The normalized spacial score (nSPS) is 14.8. The Morgan fingerprint density at radius 3 is 2.17 bits per heavy atom. The Kier molecular flexibility index (Phi) is 13.7. The van der Waals surface area contributed by atoms with E-state index in [-0.39, 0.29) is 46.0 Å². The molecule has 0 unspecified atom stereocenters. The van der Waals surface area contributed by atoms with E-state index < -0.39 is 23.1 Å². The highest BCUT2D eigenvalue weighted by Gasteiger charge is 2.29. The van der Waals surface area contributed by atoms with Crippen molar-refractivity contribution in [2.24, 2.45) is 12.8 Å². The van der Waals surface area contributed by atoms with Gasteiger partial charge in [-0.3, -0.25) is 14.2 Å². The van der Waals surface area contributed by atoms with Crippen molar-refractivity contribution in [1.29, 1.82) is 0 Å². The molecule has 0 saturated carbocycles. The number of anilines is 2. The van der Waals surface area contributed by atoms with E-state index in [1.54, 1.807) is 13.0 Å². The minimum Gasteiger partial charge on any atom is -0.456 e. The summed E-state index contributed by atoms with van der Waals surface area (Å²) in [5.41, 5.74) is 5.78. The number of aryl methyl sites for hydroxylation is 1. The van der Waals surface area contributed by atoms with E-state index in [1.807, 2.05) is 48.5 Å². The molecule has 1 aromatic heterocycles. The fraction of sp³-hybridized carbons (Fsp3) is 0.419. The number of rotatable bonds is 5. The number of pyridine rings is 1. The summed E-state index contributed by atoms with van der Waals surface area (Å²) in [6.45, 7) is 17.8. The van der Waals surface area contributed by atoms with Crippen LogP contribution in [-0.2, 0) is 16.5 Å². The van der Waals surface area contributed by atoms with Gasteiger partial charge in [-0.05, 0) is 64.4 Å². The smallest absolute Gasteiger partial charge is 0.256 e. The number of aromatic nitrogens is 1. The molecule has 0 radical (unpaired) electrons. The summed E-state index contributed by atoms with van der Waals surface area (Å²) < 4.78 is 45.5. The molecule has 10 heteroatoms. The molecule has 1 saturated heterocycles. The number of carbonyl (C=O) groups excluding carboxylic acids is 1. The topological polar surface area (TPSA) is 105 Å². The molecule has 0 aliphatic carbocycles. The van der Waals surface area contributed by atoms with E-state index in [0.29, 0.717) is 5.56 Å². The Hall–Kier alpha value is -3.76. The van der Waals surface area contributed by atoms with Gasteiger partial charge < -0.3 is 25.3 Å². The first-order valence-corrected chi connectivity index (χ1v) is 13.6. The van der Waals surface area contributed by atoms with Crippen molar-refractivity contribution in [3.63, 3.8) is 0 Å². The number of ether oxygens (including phenoxy) is 3. The first-order valence-electron chi connectivity index (χ1n) is 13.6. The number of benzene rings is 2. The lowest BCUT2D eigenvalue weighted by Gasteiger charge is -2.19. The van der Waals surface area contributed by atoms with Crippen molar-refractivity contribution in [2.45, 2.75) is 74.2 Å². The Morgan fingerprint density at radius 2 is 1.68 bits per heavy atom. The number of carbonyl (C=O) groups is 1. The highest BCUT2D eigenvalue weighted by atomic mass is 19.1. The Bertz CT molecular complexity index is 1370. The standard InChI is InChI=1S/C21H19F2N3O3.C6H12O2.2C2H6/c1-11-7-8-15(14(23)9-11)25-21-19(20(24)28)17(10-18(27)26(21)3)29-16-6-4-5-13(22)12(16)2;1-5-4-7-6(2,3)8-5;2*1-2/h4-10,25H,1-3H3,(H2,24,28);5H,4H2,1-3H3;2*1-2H3/t;5-;;/m.0../s1. The molecule has 41 heavy (non-hydrogen) atoms. The molecule has 3 aromatic rings. The van der Waals surface area contributed by atoms with Gasteiger partial charge in [0, 0.05) is 18.7 Å². The maximum absolute atomic E-state index is 14.3. The first-order chi connectivity index (χ1) is 19.3. The second-order valence-electron chi connectivity index (χ2n) is 9.21. The quantitative estimate of drug-likeness (QED) is 0.336. The maximum atomic E-state index is 14.3. The second kappa shape index (κ2) is 15.9. The van der Waals surface area contributed by atoms with Crippen molar-refractivity contribution < 1.29 is 27.8 Å². The van der Waals surface area contributed by atoms with Crippen LogP contribution in [0.15, 0.2) is 47.3 Å². The molecule has 0 spiro atoms. The van der Waals surface area contributed by atoms with Crippen molar-refractivity contribution in [3.05, 3.63) is 81.1 Å². The van der Waals surface area contributed by atoms with Crippen molar-refractivity contribution >= 4 is 17.4 Å². The van der Waals surface area contributed by atoms with E-state index in [2.05, 4.69) is 5.32 Å². The molecule has 4 rings (SSSR count). The Labute approximate surface area is 241 Å². The maximum Gasteiger partial charge on any atom is 0.256 e. The third-order valence-electron chi connectivity index (χ3n) is 5.62. The zero-order chi connectivity index (χ0) is 31.5. The number of hydrogen-bond donors (Lipinski definition) is 2. The predicted molar refractivity (Wildman–Crippen MR) is 159 cm³/mol. The molecule has 1 aliphatic rings. The zero-order valence-corrected chi connectivity index (χ0v) is 25.6. The van der Waals surface area contributed by atoms with E-state index in [1.165, 1.54) is 44.3 Å². The van der Waals surface area contributed by atoms with Gasteiger partial charge in [0.15, 0.2) is 5.79 Å². The lowest BCUT2D eigenvalue weighted by Crippen LogP contribution is -2.25. The SMILES string of the molecule is CC.CC.C[C@H]1COC(C)(C)O1.Cc1ccc(Nc2c(C(N)=O)c(Oc3cccc(F)c3C)cc(=O)n2C)c(F)c1. The van der Waals surface area contributed by atoms with Gasteiger partial charge in [0.1, 0.15) is 34.5 Å². The van der Waals surface area contributed by atoms with Crippen molar-refractivity contribution in [1.82, 2.24) is 4.57 Å². The summed E-state index contributed by atoms with van der Waals surface area (Å²) in [4.78, 5) is 24.6. The van der Waals surface area contributed by atoms with Crippen LogP contribution >= 0.6 is 0 Å². The second-order valence-corrected chi connectivity index (χ2v) is 9.21. The molecule has 1 aliphatic heterocycles. The summed E-state index contributed by atoms with van der Waals surface area (Å²) in [5.74, 6) is -2.40. The van der Waals surface area contributed by atoms with Gasteiger partial charge in [0.05, 0.1) is 18.4 Å². The monoisotopic (exact) mass is 575 g/mol. The number of primary amides is 1. The fourth-order valence-corrected chi connectivity index (χ4v) is 3.68. The number of halogens is 2. The molecule has 1 amide bonds. The zero-order valence-electron chi connectivity index (χ0n) is 25.6. The van der Waals surface area contributed by atoms with Crippen LogP contribution in [0, 0.1) is 25.5 Å². The summed E-state index contributed by atoms with van der Waals surface area (Å²) in [7, 11) is 1.40. The average molecular weight is 576 g/mol. The molecule has 1 fully saturated rings. The Balaban J connectivity index is 0.000000590. The highest BCUT2D eigenvalue weighted by Crippen LogP contribution is 2.33. The van der Waals surface area contributed by atoms with E-state index in [4.69, 9.17) is 19.9 Å². The van der Waals surface area contributed by atoms with E-state index in [0.717, 1.165) is 17.2 Å². The number of nitrogens with zero attached hydrogens (tertiary/aromatic N) is 1. The van der Waals surface area contributed by atoms with Crippen LogP contribution in [0.5, 0.6) is 11.5 Å². The van der Waals surface area contributed by atoms with Crippen LogP contribution in [0.4, 0.5) is 20.3 Å². The number of nitrogens with two attached hydrogens (primary N) is 1. The molecule has 226 valence electrons. The molecule has 0 bridgehead atoms. The van der Waals surface area contributed by atoms with Gasteiger partial charge in [0.2, 0.25) is 0 Å². The fourth-order valence-electron chi connectivity index (χ4n) is 3.68.